The number of aliphatic imine (C=N–C) groups is 1. The summed E-state index contributed by atoms with van der Waals surface area (Å²) in [4.78, 5) is 17.7. The van der Waals surface area contributed by atoms with Gasteiger partial charge in [-0.3, -0.25) is 4.79 Å². The molecule has 4 nitrogen and oxygen atoms in total. The molecule has 1 N–H and O–H groups in total. The van der Waals surface area contributed by atoms with Crippen LogP contribution in [0.3, 0.4) is 0 Å². The fourth-order valence-electron chi connectivity index (χ4n) is 3.02. The average Bonchev–Trinajstić information content (AvgIpc) is 3.10. The lowest BCUT2D eigenvalue weighted by atomic mass is 10.1. The molecular formula is C24H17Br2ClN2O2S. The number of amidine groups is 1. The topological polar surface area (TPSA) is 50.7 Å². The fraction of sp³-hybridized carbons (Fsp3) is 0.0833. The van der Waals surface area contributed by atoms with Gasteiger partial charge in [-0.1, -0.05) is 63.9 Å². The van der Waals surface area contributed by atoms with Crippen LogP contribution in [-0.2, 0) is 11.4 Å². The second-order valence-electron chi connectivity index (χ2n) is 6.95. The predicted octanol–water partition coefficient (Wildman–Crippen LogP) is 7.64. The first-order chi connectivity index (χ1) is 15.4. The molecule has 1 aliphatic heterocycles. The molecule has 3 aromatic carbocycles. The van der Waals surface area contributed by atoms with Crippen molar-refractivity contribution in [1.82, 2.24) is 5.32 Å². The summed E-state index contributed by atoms with van der Waals surface area (Å²) in [5.41, 5.74) is 3.42. The molecular weight excluding hydrogens is 576 g/mol. The quantitative estimate of drug-likeness (QED) is 0.310. The highest BCUT2D eigenvalue weighted by Gasteiger charge is 2.25. The number of ether oxygens (including phenoxy) is 1. The van der Waals surface area contributed by atoms with E-state index in [2.05, 4.69) is 42.2 Å². The van der Waals surface area contributed by atoms with E-state index in [4.69, 9.17) is 16.3 Å². The maximum Gasteiger partial charge on any atom is 0.264 e. The molecule has 0 saturated carbocycles. The van der Waals surface area contributed by atoms with Crippen molar-refractivity contribution in [3.63, 3.8) is 0 Å². The highest BCUT2D eigenvalue weighted by Crippen LogP contribution is 2.37. The first kappa shape index (κ1) is 23.1. The number of carbonyl (C=O) groups is 1. The van der Waals surface area contributed by atoms with Crippen molar-refractivity contribution in [1.29, 1.82) is 0 Å². The zero-order valence-corrected chi connectivity index (χ0v) is 21.6. The summed E-state index contributed by atoms with van der Waals surface area (Å²) in [5, 5.41) is 3.97. The van der Waals surface area contributed by atoms with E-state index in [1.165, 1.54) is 11.8 Å². The Bertz CT molecular complexity index is 1250. The molecule has 1 heterocycles. The van der Waals surface area contributed by atoms with E-state index in [-0.39, 0.29) is 5.91 Å². The SMILES string of the molecule is Cc1c(Cl)cccc1N=C1NC(=O)/C(=C/c2cc(Br)cc(Br)c2OCc2ccccc2)S1. The van der Waals surface area contributed by atoms with Crippen LogP contribution in [0.2, 0.25) is 5.02 Å². The molecule has 0 aromatic heterocycles. The van der Waals surface area contributed by atoms with E-state index < -0.39 is 0 Å². The van der Waals surface area contributed by atoms with Crippen LogP contribution >= 0.6 is 55.2 Å². The largest absolute Gasteiger partial charge is 0.487 e. The molecule has 0 atom stereocenters. The van der Waals surface area contributed by atoms with Crippen molar-refractivity contribution >= 4 is 78.1 Å². The van der Waals surface area contributed by atoms with Gasteiger partial charge in [-0.05, 0) is 76.1 Å². The lowest BCUT2D eigenvalue weighted by Crippen LogP contribution is -2.19. The number of thioether (sulfide) groups is 1. The Morgan fingerprint density at radius 3 is 2.69 bits per heavy atom. The van der Waals surface area contributed by atoms with Crippen molar-refractivity contribution < 1.29 is 9.53 Å². The van der Waals surface area contributed by atoms with E-state index in [0.717, 1.165) is 31.3 Å². The van der Waals surface area contributed by atoms with Crippen LogP contribution in [0, 0.1) is 6.92 Å². The smallest absolute Gasteiger partial charge is 0.264 e. The minimum absolute atomic E-state index is 0.210. The number of rotatable bonds is 5. The molecule has 4 rings (SSSR count). The zero-order valence-electron chi connectivity index (χ0n) is 16.9. The monoisotopic (exact) mass is 590 g/mol. The molecule has 0 spiro atoms. The van der Waals surface area contributed by atoms with Gasteiger partial charge in [0.25, 0.3) is 5.91 Å². The second-order valence-corrected chi connectivity index (χ2v) is 10.2. The Morgan fingerprint density at radius 1 is 1.12 bits per heavy atom. The first-order valence-corrected chi connectivity index (χ1v) is 12.4. The van der Waals surface area contributed by atoms with Gasteiger partial charge < -0.3 is 10.1 Å². The molecule has 32 heavy (non-hydrogen) atoms. The maximum atomic E-state index is 12.6. The summed E-state index contributed by atoms with van der Waals surface area (Å²) in [6, 6.07) is 19.3. The maximum absolute atomic E-state index is 12.6. The minimum atomic E-state index is -0.210. The van der Waals surface area contributed by atoms with Crippen LogP contribution in [0.15, 0.2) is 79.5 Å². The summed E-state index contributed by atoms with van der Waals surface area (Å²) in [6.45, 7) is 2.31. The number of amides is 1. The van der Waals surface area contributed by atoms with E-state index in [1.807, 2.05) is 73.7 Å². The third-order valence-electron chi connectivity index (χ3n) is 4.66. The minimum Gasteiger partial charge on any atom is -0.487 e. The molecule has 1 amide bonds. The molecule has 8 heteroatoms. The number of hydrogen-bond acceptors (Lipinski definition) is 4. The van der Waals surface area contributed by atoms with Crippen LogP contribution < -0.4 is 10.1 Å². The van der Waals surface area contributed by atoms with Gasteiger partial charge in [0, 0.05) is 15.1 Å². The Kier molecular flexibility index (Phi) is 7.40. The summed E-state index contributed by atoms with van der Waals surface area (Å²) >= 11 is 14.6. The standard InChI is InChI=1S/C24H17Br2ClN2O2S/c1-14-19(27)8-5-9-20(14)28-24-29-23(30)21(32-24)11-16-10-17(25)12-18(26)22(16)31-13-15-6-3-2-4-7-15/h2-12H,13H2,1H3,(H,28,29,30)/b21-11-. The van der Waals surface area contributed by atoms with E-state index in [1.54, 1.807) is 0 Å². The highest BCUT2D eigenvalue weighted by molar-refractivity contribution is 9.11. The van der Waals surface area contributed by atoms with Crippen LogP contribution in [0.1, 0.15) is 16.7 Å². The molecule has 1 saturated heterocycles. The Hall–Kier alpha value is -2.06. The molecule has 1 aliphatic rings. The van der Waals surface area contributed by atoms with Gasteiger partial charge >= 0.3 is 0 Å². The molecule has 0 radical (unpaired) electrons. The fourth-order valence-corrected chi connectivity index (χ4v) is 5.39. The Labute approximate surface area is 212 Å². The molecule has 162 valence electrons. The zero-order chi connectivity index (χ0) is 22.7. The van der Waals surface area contributed by atoms with Crippen LogP contribution in [-0.4, -0.2) is 11.1 Å². The molecule has 0 aliphatic carbocycles. The second kappa shape index (κ2) is 10.3. The van der Waals surface area contributed by atoms with Crippen molar-refractivity contribution in [3.05, 3.63) is 96.2 Å². The normalized spacial score (nSPS) is 15.9. The Morgan fingerprint density at radius 2 is 1.91 bits per heavy atom. The number of hydrogen-bond donors (Lipinski definition) is 1. The van der Waals surface area contributed by atoms with Gasteiger partial charge in [-0.2, -0.15) is 0 Å². The first-order valence-electron chi connectivity index (χ1n) is 9.61. The molecule has 0 bridgehead atoms. The van der Waals surface area contributed by atoms with E-state index >= 15 is 0 Å². The molecule has 1 fully saturated rings. The number of carbonyl (C=O) groups excluding carboxylic acids is 1. The number of nitrogens with zero attached hydrogens (tertiary/aromatic N) is 1. The van der Waals surface area contributed by atoms with Crippen molar-refractivity contribution in [2.45, 2.75) is 13.5 Å². The summed E-state index contributed by atoms with van der Waals surface area (Å²) < 4.78 is 7.77. The van der Waals surface area contributed by atoms with Gasteiger partial charge in [0.05, 0.1) is 15.1 Å². The van der Waals surface area contributed by atoms with Crippen LogP contribution in [0.5, 0.6) is 5.75 Å². The van der Waals surface area contributed by atoms with Gasteiger partial charge in [-0.15, -0.1) is 0 Å². The van der Waals surface area contributed by atoms with Gasteiger partial charge in [-0.25, -0.2) is 4.99 Å². The lowest BCUT2D eigenvalue weighted by Gasteiger charge is -2.12. The van der Waals surface area contributed by atoms with Crippen LogP contribution in [0.25, 0.3) is 6.08 Å². The van der Waals surface area contributed by atoms with E-state index in [9.17, 15) is 4.79 Å². The summed E-state index contributed by atoms with van der Waals surface area (Å²) in [7, 11) is 0. The van der Waals surface area contributed by atoms with Crippen molar-refractivity contribution in [2.24, 2.45) is 4.99 Å². The average molecular weight is 593 g/mol. The summed E-state index contributed by atoms with van der Waals surface area (Å²) in [6.07, 6.45) is 1.81. The van der Waals surface area contributed by atoms with Gasteiger partial charge in [0.2, 0.25) is 0 Å². The molecule has 3 aromatic rings. The number of benzene rings is 3. The Balaban J connectivity index is 1.62. The third kappa shape index (κ3) is 5.46. The lowest BCUT2D eigenvalue weighted by molar-refractivity contribution is -0.115. The van der Waals surface area contributed by atoms with Crippen molar-refractivity contribution in [3.8, 4) is 5.75 Å². The highest BCUT2D eigenvalue weighted by atomic mass is 79.9. The number of halogens is 3. The van der Waals surface area contributed by atoms with Gasteiger partial charge in [0.15, 0.2) is 5.17 Å². The van der Waals surface area contributed by atoms with Gasteiger partial charge in [0.1, 0.15) is 12.4 Å². The van der Waals surface area contributed by atoms with Crippen LogP contribution in [0.4, 0.5) is 5.69 Å². The summed E-state index contributed by atoms with van der Waals surface area (Å²) in [5.74, 6) is 0.451. The molecule has 0 unspecified atom stereocenters. The number of nitrogens with one attached hydrogen (secondary N) is 1. The third-order valence-corrected chi connectivity index (χ3v) is 7.03. The van der Waals surface area contributed by atoms with Crippen molar-refractivity contribution in [2.75, 3.05) is 0 Å². The predicted molar refractivity (Wildman–Crippen MR) is 140 cm³/mol. The van der Waals surface area contributed by atoms with E-state index in [0.29, 0.717) is 27.5 Å².